The van der Waals surface area contributed by atoms with Gasteiger partial charge < -0.3 is 5.32 Å². The van der Waals surface area contributed by atoms with E-state index in [1.165, 1.54) is 24.2 Å². The van der Waals surface area contributed by atoms with Crippen LogP contribution in [0, 0.1) is 0 Å². The minimum absolute atomic E-state index is 0.608. The van der Waals surface area contributed by atoms with E-state index in [1.54, 1.807) is 0 Å². The molecular weight excluding hydrogens is 250 g/mol. The summed E-state index contributed by atoms with van der Waals surface area (Å²) in [5.41, 5.74) is 1.36. The predicted octanol–water partition coefficient (Wildman–Crippen LogP) is 4.35. The Balaban J connectivity index is 1.99. The average molecular weight is 272 g/mol. The third kappa shape index (κ3) is 7.69. The quantitative estimate of drug-likeness (QED) is 0.706. The van der Waals surface area contributed by atoms with Gasteiger partial charge in [-0.25, -0.2) is 0 Å². The van der Waals surface area contributed by atoms with Gasteiger partial charge >= 0.3 is 0 Å². The first kappa shape index (κ1) is 14.9. The monoisotopic (exact) mass is 271 g/mol. The maximum Gasteiger partial charge on any atom is 0.0406 e. The lowest BCUT2D eigenvalue weighted by atomic mass is 10.2. The first-order valence-electron chi connectivity index (χ1n) is 6.24. The van der Waals surface area contributed by atoms with Crippen LogP contribution in [0.4, 0.5) is 0 Å². The topological polar surface area (TPSA) is 12.0 Å². The molecule has 0 aliphatic heterocycles. The van der Waals surface area contributed by atoms with E-state index in [0.29, 0.717) is 6.04 Å². The fourth-order valence-electron chi connectivity index (χ4n) is 1.49. The van der Waals surface area contributed by atoms with Gasteiger partial charge in [0.1, 0.15) is 0 Å². The zero-order valence-corrected chi connectivity index (χ0v) is 12.3. The van der Waals surface area contributed by atoms with Crippen LogP contribution in [-0.4, -0.2) is 18.3 Å². The van der Waals surface area contributed by atoms with Crippen molar-refractivity contribution < 1.29 is 0 Å². The van der Waals surface area contributed by atoms with Crippen LogP contribution < -0.4 is 5.32 Å². The van der Waals surface area contributed by atoms with E-state index < -0.39 is 0 Å². The molecule has 0 bridgehead atoms. The summed E-state index contributed by atoms with van der Waals surface area (Å²) in [5, 5.41) is 4.25. The molecule has 0 unspecified atom stereocenters. The molecule has 1 aromatic rings. The van der Waals surface area contributed by atoms with Crippen molar-refractivity contribution in [3.63, 3.8) is 0 Å². The zero-order valence-electron chi connectivity index (χ0n) is 10.7. The van der Waals surface area contributed by atoms with E-state index in [9.17, 15) is 0 Å². The Kier molecular flexibility index (Phi) is 7.74. The highest BCUT2D eigenvalue weighted by atomic mass is 35.5. The number of hydrogen-bond donors (Lipinski definition) is 1. The van der Waals surface area contributed by atoms with Gasteiger partial charge in [0.25, 0.3) is 0 Å². The molecule has 0 saturated heterocycles. The number of thioether (sulfide) groups is 1. The van der Waals surface area contributed by atoms with Crippen molar-refractivity contribution in [2.24, 2.45) is 0 Å². The van der Waals surface area contributed by atoms with Crippen molar-refractivity contribution in [1.29, 1.82) is 0 Å². The highest BCUT2D eigenvalue weighted by Crippen LogP contribution is 2.16. The fraction of sp³-hybridized carbons (Fsp3) is 0.571. The van der Waals surface area contributed by atoms with Crippen molar-refractivity contribution in [3.8, 4) is 0 Å². The lowest BCUT2D eigenvalue weighted by molar-refractivity contribution is 0.567. The van der Waals surface area contributed by atoms with E-state index in [-0.39, 0.29) is 0 Å². The van der Waals surface area contributed by atoms with Gasteiger partial charge in [-0.15, -0.1) is 0 Å². The Bertz CT molecular complexity index is 298. The van der Waals surface area contributed by atoms with Gasteiger partial charge in [0.2, 0.25) is 0 Å². The zero-order chi connectivity index (χ0) is 12.5. The first-order valence-corrected chi connectivity index (χ1v) is 7.77. The number of nitrogens with one attached hydrogen (secondary N) is 1. The van der Waals surface area contributed by atoms with Crippen molar-refractivity contribution in [2.45, 2.75) is 38.5 Å². The SMILES string of the molecule is CC(C)NCCCCSCc1ccc(Cl)cc1. The Morgan fingerprint density at radius 1 is 1.18 bits per heavy atom. The molecule has 1 nitrogen and oxygen atoms in total. The van der Waals surface area contributed by atoms with Crippen LogP contribution >= 0.6 is 23.4 Å². The van der Waals surface area contributed by atoms with Gasteiger partial charge in [0.15, 0.2) is 0 Å². The van der Waals surface area contributed by atoms with Crippen LogP contribution in [0.1, 0.15) is 32.3 Å². The Morgan fingerprint density at radius 3 is 2.53 bits per heavy atom. The highest BCUT2D eigenvalue weighted by Gasteiger charge is 1.95. The van der Waals surface area contributed by atoms with Crippen molar-refractivity contribution in [3.05, 3.63) is 34.9 Å². The summed E-state index contributed by atoms with van der Waals surface area (Å²) in [6.07, 6.45) is 2.56. The van der Waals surface area contributed by atoms with Gasteiger partial charge in [0.05, 0.1) is 0 Å². The van der Waals surface area contributed by atoms with Gasteiger partial charge in [0, 0.05) is 16.8 Å². The van der Waals surface area contributed by atoms with Crippen molar-refractivity contribution in [1.82, 2.24) is 5.32 Å². The second-order valence-electron chi connectivity index (χ2n) is 4.49. The molecule has 0 aromatic heterocycles. The minimum atomic E-state index is 0.608. The molecule has 1 rings (SSSR count). The van der Waals surface area contributed by atoms with E-state index in [2.05, 4.69) is 31.3 Å². The summed E-state index contributed by atoms with van der Waals surface area (Å²) < 4.78 is 0. The number of benzene rings is 1. The highest BCUT2D eigenvalue weighted by molar-refractivity contribution is 7.98. The van der Waals surface area contributed by atoms with Crippen LogP contribution in [0.3, 0.4) is 0 Å². The fourth-order valence-corrected chi connectivity index (χ4v) is 2.60. The molecule has 96 valence electrons. The Hall–Kier alpha value is -0.180. The molecule has 3 heteroatoms. The van der Waals surface area contributed by atoms with E-state index in [4.69, 9.17) is 11.6 Å². The number of halogens is 1. The lowest BCUT2D eigenvalue weighted by Crippen LogP contribution is -2.23. The van der Waals surface area contributed by atoms with Gasteiger partial charge in [-0.05, 0) is 42.8 Å². The lowest BCUT2D eigenvalue weighted by Gasteiger charge is -2.07. The molecule has 0 radical (unpaired) electrons. The summed E-state index contributed by atoms with van der Waals surface area (Å²) in [4.78, 5) is 0. The van der Waals surface area contributed by atoms with Crippen molar-refractivity contribution >= 4 is 23.4 Å². The number of unbranched alkanes of at least 4 members (excludes halogenated alkanes) is 1. The molecule has 0 saturated carbocycles. The summed E-state index contributed by atoms with van der Waals surface area (Å²) >= 11 is 7.84. The van der Waals surface area contributed by atoms with Crippen LogP contribution in [0.15, 0.2) is 24.3 Å². The maximum absolute atomic E-state index is 5.84. The average Bonchev–Trinajstić information content (AvgIpc) is 2.30. The summed E-state index contributed by atoms with van der Waals surface area (Å²) in [6.45, 7) is 5.52. The standard InChI is InChI=1S/C14H22ClNS/c1-12(2)16-9-3-4-10-17-11-13-5-7-14(15)8-6-13/h5-8,12,16H,3-4,9-11H2,1-2H3. The number of rotatable bonds is 8. The largest absolute Gasteiger partial charge is 0.315 e. The van der Waals surface area contributed by atoms with Crippen molar-refractivity contribution in [2.75, 3.05) is 12.3 Å². The molecule has 1 N–H and O–H groups in total. The first-order chi connectivity index (χ1) is 8.18. The smallest absolute Gasteiger partial charge is 0.0406 e. The molecule has 0 atom stereocenters. The Morgan fingerprint density at radius 2 is 1.88 bits per heavy atom. The van der Waals surface area contributed by atoms with Gasteiger partial charge in [-0.3, -0.25) is 0 Å². The minimum Gasteiger partial charge on any atom is -0.315 e. The van der Waals surface area contributed by atoms with Crippen LogP contribution in [0.25, 0.3) is 0 Å². The summed E-state index contributed by atoms with van der Waals surface area (Å²) in [5.74, 6) is 2.33. The van der Waals surface area contributed by atoms with Crippen LogP contribution in [-0.2, 0) is 5.75 Å². The molecule has 0 fully saturated rings. The van der Waals surface area contributed by atoms with Gasteiger partial charge in [-0.2, -0.15) is 11.8 Å². The van der Waals surface area contributed by atoms with E-state index >= 15 is 0 Å². The third-order valence-electron chi connectivity index (χ3n) is 2.45. The summed E-state index contributed by atoms with van der Waals surface area (Å²) in [6, 6.07) is 8.75. The number of hydrogen-bond acceptors (Lipinski definition) is 2. The van der Waals surface area contributed by atoms with E-state index in [0.717, 1.165) is 17.3 Å². The molecule has 17 heavy (non-hydrogen) atoms. The molecule has 0 heterocycles. The molecule has 0 spiro atoms. The normalized spacial score (nSPS) is 11.1. The molecule has 0 aliphatic rings. The second-order valence-corrected chi connectivity index (χ2v) is 6.04. The van der Waals surface area contributed by atoms with Gasteiger partial charge in [-0.1, -0.05) is 37.6 Å². The maximum atomic E-state index is 5.84. The van der Waals surface area contributed by atoms with Crippen LogP contribution in [0.5, 0.6) is 0 Å². The predicted molar refractivity (Wildman–Crippen MR) is 80.0 cm³/mol. The molecular formula is C14H22ClNS. The molecule has 0 aliphatic carbocycles. The van der Waals surface area contributed by atoms with Crippen LogP contribution in [0.2, 0.25) is 5.02 Å². The molecule has 0 amide bonds. The molecule has 1 aromatic carbocycles. The van der Waals surface area contributed by atoms with E-state index in [1.807, 2.05) is 23.9 Å². The second kappa shape index (κ2) is 8.84. The third-order valence-corrected chi connectivity index (χ3v) is 3.82. The summed E-state index contributed by atoms with van der Waals surface area (Å²) in [7, 11) is 0. The Labute approximate surface area is 114 Å².